The van der Waals surface area contributed by atoms with Crippen molar-refractivity contribution < 1.29 is 9.90 Å². The summed E-state index contributed by atoms with van der Waals surface area (Å²) in [6.45, 7) is 0.465. The predicted octanol–water partition coefficient (Wildman–Crippen LogP) is 2.19. The number of nitrogens with two attached hydrogens (primary N) is 1. The average Bonchev–Trinajstić information content (AvgIpc) is 2.81. The van der Waals surface area contributed by atoms with Crippen LogP contribution in [0.25, 0.3) is 0 Å². The summed E-state index contributed by atoms with van der Waals surface area (Å²) in [4.78, 5) is 13.1. The second kappa shape index (κ2) is 3.72. The Balaban J connectivity index is 1.80. The second-order valence-electron chi connectivity index (χ2n) is 5.79. The Morgan fingerprint density at radius 3 is 2.44 bits per heavy atom. The molecule has 3 aliphatic rings. The van der Waals surface area contributed by atoms with Gasteiger partial charge in [0.2, 0.25) is 0 Å². The number of carboxylic acid groups (broad SMARTS) is 1. The lowest BCUT2D eigenvalue weighted by Gasteiger charge is -2.50. The molecule has 4 rings (SSSR count). The van der Waals surface area contributed by atoms with Crippen LogP contribution in [0.2, 0.25) is 0 Å². The van der Waals surface area contributed by atoms with E-state index in [0.717, 1.165) is 31.2 Å². The molecule has 3 aliphatic carbocycles. The van der Waals surface area contributed by atoms with E-state index in [-0.39, 0.29) is 11.1 Å². The first-order valence-corrected chi connectivity index (χ1v) is 6.37. The molecule has 18 heavy (non-hydrogen) atoms. The van der Waals surface area contributed by atoms with Gasteiger partial charge in [0.15, 0.2) is 0 Å². The molecular weight excluding hydrogens is 228 g/mol. The molecule has 0 atom stereocenters. The fourth-order valence-corrected chi connectivity index (χ4v) is 3.62. The van der Waals surface area contributed by atoms with Gasteiger partial charge < -0.3 is 10.8 Å². The van der Waals surface area contributed by atoms with Crippen molar-refractivity contribution >= 4 is 6.09 Å². The van der Waals surface area contributed by atoms with Crippen molar-refractivity contribution in [1.82, 2.24) is 4.90 Å². The van der Waals surface area contributed by atoms with E-state index in [0.29, 0.717) is 6.54 Å². The maximum Gasteiger partial charge on any atom is 0.408 e. The Bertz CT molecular complexity index is 466. The molecule has 4 heteroatoms. The Hall–Kier alpha value is -1.55. The molecule has 0 heterocycles. The molecule has 4 nitrogen and oxygen atoms in total. The van der Waals surface area contributed by atoms with E-state index in [9.17, 15) is 9.90 Å². The van der Waals surface area contributed by atoms with Gasteiger partial charge in [-0.2, -0.15) is 0 Å². The zero-order chi connectivity index (χ0) is 12.8. The Morgan fingerprint density at radius 1 is 1.28 bits per heavy atom. The molecule has 0 aromatic heterocycles. The van der Waals surface area contributed by atoms with Crippen LogP contribution in [0.3, 0.4) is 0 Å². The molecule has 2 bridgehead atoms. The third-order valence-electron chi connectivity index (χ3n) is 4.44. The fourth-order valence-electron chi connectivity index (χ4n) is 3.62. The molecule has 0 radical (unpaired) electrons. The normalized spacial score (nSPS) is 32.9. The van der Waals surface area contributed by atoms with Crippen LogP contribution < -0.4 is 5.73 Å². The molecule has 1 aromatic rings. The van der Waals surface area contributed by atoms with Gasteiger partial charge in [-0.05, 0) is 31.2 Å². The van der Waals surface area contributed by atoms with E-state index in [1.54, 1.807) is 4.90 Å². The highest BCUT2D eigenvalue weighted by Crippen LogP contribution is 2.57. The topological polar surface area (TPSA) is 66.6 Å². The largest absolute Gasteiger partial charge is 0.465 e. The van der Waals surface area contributed by atoms with Crippen molar-refractivity contribution in [2.24, 2.45) is 5.73 Å². The van der Waals surface area contributed by atoms with E-state index < -0.39 is 6.09 Å². The summed E-state index contributed by atoms with van der Waals surface area (Å²) < 4.78 is 0. The van der Waals surface area contributed by atoms with Crippen LogP contribution >= 0.6 is 0 Å². The molecule has 3 saturated carbocycles. The monoisotopic (exact) mass is 246 g/mol. The summed E-state index contributed by atoms with van der Waals surface area (Å²) in [5, 5.41) is 9.45. The zero-order valence-corrected chi connectivity index (χ0v) is 10.3. The minimum atomic E-state index is -0.831. The first-order chi connectivity index (χ1) is 8.53. The zero-order valence-electron chi connectivity index (χ0n) is 10.3. The maximum absolute atomic E-state index is 11.5. The molecule has 3 fully saturated rings. The molecule has 1 aromatic carbocycles. The van der Waals surface area contributed by atoms with Crippen LogP contribution in [-0.2, 0) is 6.54 Å². The Labute approximate surface area is 106 Å². The van der Waals surface area contributed by atoms with Gasteiger partial charge in [-0.15, -0.1) is 0 Å². The highest BCUT2D eigenvalue weighted by atomic mass is 16.4. The summed E-state index contributed by atoms with van der Waals surface area (Å²) in [5.74, 6) is 0. The Kier molecular flexibility index (Phi) is 2.38. The van der Waals surface area contributed by atoms with Crippen molar-refractivity contribution in [3.8, 4) is 0 Å². The van der Waals surface area contributed by atoms with Crippen LogP contribution in [0.4, 0.5) is 4.79 Å². The number of hydrogen-bond donors (Lipinski definition) is 2. The third-order valence-corrected chi connectivity index (χ3v) is 4.44. The maximum atomic E-state index is 11.5. The summed E-state index contributed by atoms with van der Waals surface area (Å²) >= 11 is 0. The number of rotatable bonds is 3. The number of carbonyl (C=O) groups is 1. The van der Waals surface area contributed by atoms with Gasteiger partial charge in [-0.1, -0.05) is 30.3 Å². The standard InChI is InChI=1S/C14H18N2O2/c15-13-6-7-14(9-13,10-13)16(12(17)18)8-11-4-2-1-3-5-11/h1-5H,6-10,15H2,(H,17,18). The fraction of sp³-hybridized carbons (Fsp3) is 0.500. The van der Waals surface area contributed by atoms with Gasteiger partial charge in [0.1, 0.15) is 0 Å². The van der Waals surface area contributed by atoms with Crippen LogP contribution in [0, 0.1) is 0 Å². The molecule has 96 valence electrons. The van der Waals surface area contributed by atoms with Gasteiger partial charge in [0, 0.05) is 12.1 Å². The lowest BCUT2D eigenvalue weighted by molar-refractivity contribution is 0.0162. The molecular formula is C14H18N2O2. The number of hydrogen-bond acceptors (Lipinski definition) is 2. The Morgan fingerprint density at radius 2 is 1.94 bits per heavy atom. The van der Waals surface area contributed by atoms with Crippen molar-refractivity contribution in [2.75, 3.05) is 0 Å². The summed E-state index contributed by atoms with van der Waals surface area (Å²) in [7, 11) is 0. The van der Waals surface area contributed by atoms with Gasteiger partial charge in [-0.3, -0.25) is 4.90 Å². The first-order valence-electron chi connectivity index (χ1n) is 6.37. The van der Waals surface area contributed by atoms with Crippen LogP contribution in [0.5, 0.6) is 0 Å². The molecule has 3 N–H and O–H groups in total. The van der Waals surface area contributed by atoms with Crippen LogP contribution in [-0.4, -0.2) is 27.2 Å². The number of fused-ring (bicyclic) bond motifs is 1. The van der Waals surface area contributed by atoms with Crippen LogP contribution in [0.1, 0.15) is 31.2 Å². The lowest BCUT2D eigenvalue weighted by Crippen LogP contribution is -2.62. The molecule has 1 amide bonds. The number of nitrogens with zero attached hydrogens (tertiary/aromatic N) is 1. The lowest BCUT2D eigenvalue weighted by atomic mass is 9.70. The molecule has 0 spiro atoms. The number of amides is 1. The highest BCUT2D eigenvalue weighted by Gasteiger charge is 2.62. The average molecular weight is 246 g/mol. The first kappa shape index (κ1) is 11.5. The molecule has 0 aliphatic heterocycles. The van der Waals surface area contributed by atoms with E-state index in [1.165, 1.54) is 0 Å². The highest BCUT2D eigenvalue weighted by molar-refractivity contribution is 5.67. The van der Waals surface area contributed by atoms with Crippen molar-refractivity contribution in [2.45, 2.75) is 43.3 Å². The van der Waals surface area contributed by atoms with Crippen molar-refractivity contribution in [3.05, 3.63) is 35.9 Å². The van der Waals surface area contributed by atoms with Crippen molar-refractivity contribution in [1.29, 1.82) is 0 Å². The van der Waals surface area contributed by atoms with E-state index in [1.807, 2.05) is 30.3 Å². The third kappa shape index (κ3) is 1.68. The molecule has 0 saturated heterocycles. The van der Waals surface area contributed by atoms with E-state index >= 15 is 0 Å². The van der Waals surface area contributed by atoms with Crippen LogP contribution in [0.15, 0.2) is 30.3 Å². The molecule has 0 unspecified atom stereocenters. The predicted molar refractivity (Wildman–Crippen MR) is 68.1 cm³/mol. The summed E-state index contributed by atoms with van der Waals surface area (Å²) in [5.41, 5.74) is 6.89. The second-order valence-corrected chi connectivity index (χ2v) is 5.79. The van der Waals surface area contributed by atoms with E-state index in [2.05, 4.69) is 0 Å². The summed E-state index contributed by atoms with van der Waals surface area (Å²) in [6.07, 6.45) is 2.66. The SMILES string of the molecule is NC12CCC(N(Cc3ccccc3)C(=O)O)(C1)C2. The van der Waals surface area contributed by atoms with Gasteiger partial charge in [0.25, 0.3) is 0 Å². The number of benzene rings is 1. The minimum Gasteiger partial charge on any atom is -0.465 e. The quantitative estimate of drug-likeness (QED) is 0.859. The van der Waals surface area contributed by atoms with E-state index in [4.69, 9.17) is 5.73 Å². The van der Waals surface area contributed by atoms with Gasteiger partial charge >= 0.3 is 6.09 Å². The van der Waals surface area contributed by atoms with Crippen molar-refractivity contribution in [3.63, 3.8) is 0 Å². The summed E-state index contributed by atoms with van der Waals surface area (Å²) in [6, 6.07) is 9.76. The smallest absolute Gasteiger partial charge is 0.408 e. The minimum absolute atomic E-state index is 0.0929. The van der Waals surface area contributed by atoms with Gasteiger partial charge in [0.05, 0.1) is 5.54 Å². The van der Waals surface area contributed by atoms with Gasteiger partial charge in [-0.25, -0.2) is 4.79 Å².